The van der Waals surface area contributed by atoms with E-state index < -0.39 is 0 Å². The lowest BCUT2D eigenvalue weighted by Crippen LogP contribution is -2.51. The maximum absolute atomic E-state index is 12.1. The lowest BCUT2D eigenvalue weighted by Gasteiger charge is -2.30. The second-order valence-electron chi connectivity index (χ2n) is 5.27. The maximum atomic E-state index is 12.1. The highest BCUT2D eigenvalue weighted by atomic mass is 32.1. The van der Waals surface area contributed by atoms with Crippen LogP contribution in [0, 0.1) is 0 Å². The summed E-state index contributed by atoms with van der Waals surface area (Å²) in [6.45, 7) is 0. The van der Waals surface area contributed by atoms with Gasteiger partial charge in [0.15, 0.2) is 0 Å². The quantitative estimate of drug-likeness (QED) is 0.737. The van der Waals surface area contributed by atoms with E-state index in [0.717, 1.165) is 24.8 Å². The monoisotopic (exact) mass is 278 g/mol. The Kier molecular flexibility index (Phi) is 5.28. The number of carbonyl (C=O) groups excluding carboxylic acids is 1. The van der Waals surface area contributed by atoms with Crippen molar-refractivity contribution in [2.45, 2.75) is 49.4 Å². The van der Waals surface area contributed by atoms with E-state index in [0.29, 0.717) is 6.42 Å². The number of hydrogen-bond donors (Lipinski definition) is 3. The highest BCUT2D eigenvalue weighted by Gasteiger charge is 2.25. The Hall–Kier alpha value is -1.00. The van der Waals surface area contributed by atoms with E-state index in [1.165, 1.54) is 6.42 Å². The molecular formula is C15H22N2OS. The molecule has 1 aromatic carbocycles. The van der Waals surface area contributed by atoms with Crippen molar-refractivity contribution in [3.8, 4) is 0 Å². The largest absolute Gasteiger partial charge is 0.351 e. The average molecular weight is 278 g/mol. The molecule has 0 saturated heterocycles. The van der Waals surface area contributed by atoms with Gasteiger partial charge in [-0.2, -0.15) is 12.6 Å². The van der Waals surface area contributed by atoms with E-state index in [-0.39, 0.29) is 23.2 Å². The van der Waals surface area contributed by atoms with Crippen molar-refractivity contribution in [3.63, 3.8) is 0 Å². The van der Waals surface area contributed by atoms with Crippen molar-refractivity contribution in [2.75, 3.05) is 0 Å². The van der Waals surface area contributed by atoms with Gasteiger partial charge in [0.05, 0.1) is 5.25 Å². The van der Waals surface area contributed by atoms with Crippen LogP contribution in [0.2, 0.25) is 0 Å². The molecule has 3 atom stereocenters. The van der Waals surface area contributed by atoms with Crippen molar-refractivity contribution in [1.29, 1.82) is 0 Å². The first kappa shape index (κ1) is 14.4. The molecule has 1 aliphatic carbocycles. The first-order valence-electron chi connectivity index (χ1n) is 6.95. The summed E-state index contributed by atoms with van der Waals surface area (Å²) in [7, 11) is 0. The second-order valence-corrected chi connectivity index (χ2v) is 5.89. The molecule has 1 aromatic rings. The fraction of sp³-hybridized carbons (Fsp3) is 0.533. The minimum Gasteiger partial charge on any atom is -0.351 e. The van der Waals surface area contributed by atoms with Crippen LogP contribution in [0.1, 0.15) is 31.2 Å². The molecule has 0 spiro atoms. The molecule has 0 aromatic heterocycles. The number of hydrogen-bond acceptors (Lipinski definition) is 3. The molecule has 3 N–H and O–H groups in total. The topological polar surface area (TPSA) is 55.1 Å². The van der Waals surface area contributed by atoms with Gasteiger partial charge in [-0.3, -0.25) is 4.79 Å². The van der Waals surface area contributed by atoms with Crippen LogP contribution in [-0.4, -0.2) is 23.2 Å². The third-order valence-electron chi connectivity index (χ3n) is 3.72. The van der Waals surface area contributed by atoms with Gasteiger partial charge in [-0.15, -0.1) is 0 Å². The summed E-state index contributed by atoms with van der Waals surface area (Å²) in [5, 5.41) is 2.74. The summed E-state index contributed by atoms with van der Waals surface area (Å²) < 4.78 is 0. The SMILES string of the molecule is NC1CCCCC1NC(=O)C(S)Cc1ccccc1. The number of amides is 1. The molecule has 104 valence electrons. The summed E-state index contributed by atoms with van der Waals surface area (Å²) in [4.78, 5) is 12.1. The Morgan fingerprint density at radius 2 is 2.00 bits per heavy atom. The fourth-order valence-electron chi connectivity index (χ4n) is 2.55. The third kappa shape index (κ3) is 4.25. The minimum absolute atomic E-state index is 0.00506. The Bertz CT molecular complexity index is 410. The number of benzene rings is 1. The lowest BCUT2D eigenvalue weighted by atomic mass is 9.91. The predicted molar refractivity (Wildman–Crippen MR) is 81.3 cm³/mol. The van der Waals surface area contributed by atoms with E-state index in [2.05, 4.69) is 17.9 Å². The van der Waals surface area contributed by atoms with Crippen LogP contribution < -0.4 is 11.1 Å². The molecule has 1 aliphatic rings. The van der Waals surface area contributed by atoms with Gasteiger partial charge in [0.2, 0.25) is 5.91 Å². The summed E-state index contributed by atoms with van der Waals surface area (Å²) in [6.07, 6.45) is 4.95. The van der Waals surface area contributed by atoms with E-state index >= 15 is 0 Å². The van der Waals surface area contributed by atoms with Gasteiger partial charge in [0.1, 0.15) is 0 Å². The van der Waals surface area contributed by atoms with Crippen LogP contribution in [-0.2, 0) is 11.2 Å². The predicted octanol–water partition coefficient (Wildman–Crippen LogP) is 1.91. The van der Waals surface area contributed by atoms with Crippen molar-refractivity contribution in [3.05, 3.63) is 35.9 Å². The molecule has 3 nitrogen and oxygen atoms in total. The molecule has 0 bridgehead atoms. The zero-order valence-electron chi connectivity index (χ0n) is 11.1. The first-order chi connectivity index (χ1) is 9.16. The molecule has 1 fully saturated rings. The number of carbonyl (C=O) groups is 1. The third-order valence-corrected chi connectivity index (χ3v) is 4.14. The fourth-order valence-corrected chi connectivity index (χ4v) is 2.83. The van der Waals surface area contributed by atoms with Gasteiger partial charge in [-0.1, -0.05) is 43.2 Å². The van der Waals surface area contributed by atoms with Crippen LogP contribution in [0.3, 0.4) is 0 Å². The zero-order valence-corrected chi connectivity index (χ0v) is 12.0. The molecule has 0 aliphatic heterocycles. The number of thiol groups is 1. The van der Waals surface area contributed by atoms with Gasteiger partial charge in [0.25, 0.3) is 0 Å². The zero-order chi connectivity index (χ0) is 13.7. The molecule has 19 heavy (non-hydrogen) atoms. The van der Waals surface area contributed by atoms with Crippen molar-refractivity contribution in [2.24, 2.45) is 5.73 Å². The molecule has 3 unspecified atom stereocenters. The van der Waals surface area contributed by atoms with Gasteiger partial charge < -0.3 is 11.1 Å². The number of rotatable bonds is 4. The Balaban J connectivity index is 1.85. The first-order valence-corrected chi connectivity index (χ1v) is 7.46. The van der Waals surface area contributed by atoms with Gasteiger partial charge >= 0.3 is 0 Å². The summed E-state index contributed by atoms with van der Waals surface area (Å²) in [5.41, 5.74) is 7.17. The molecular weight excluding hydrogens is 256 g/mol. The molecule has 1 saturated carbocycles. The molecule has 0 heterocycles. The molecule has 4 heteroatoms. The Morgan fingerprint density at radius 3 is 2.68 bits per heavy atom. The smallest absolute Gasteiger partial charge is 0.233 e. The Morgan fingerprint density at radius 1 is 1.32 bits per heavy atom. The summed E-state index contributed by atoms with van der Waals surface area (Å²) in [6, 6.07) is 10.2. The van der Waals surface area contributed by atoms with Crippen LogP contribution in [0.4, 0.5) is 0 Å². The number of nitrogens with two attached hydrogens (primary N) is 1. The van der Waals surface area contributed by atoms with Crippen LogP contribution in [0.5, 0.6) is 0 Å². The normalized spacial score (nSPS) is 24.7. The molecule has 2 rings (SSSR count). The van der Waals surface area contributed by atoms with Crippen LogP contribution >= 0.6 is 12.6 Å². The van der Waals surface area contributed by atoms with Gasteiger partial charge in [0, 0.05) is 12.1 Å². The summed E-state index contributed by atoms with van der Waals surface area (Å²) in [5.74, 6) is -0.00506. The average Bonchev–Trinajstić information content (AvgIpc) is 2.42. The second kappa shape index (κ2) is 6.96. The number of nitrogens with one attached hydrogen (secondary N) is 1. The maximum Gasteiger partial charge on any atom is 0.233 e. The van der Waals surface area contributed by atoms with Crippen LogP contribution in [0.15, 0.2) is 30.3 Å². The summed E-state index contributed by atoms with van der Waals surface area (Å²) >= 11 is 4.41. The van der Waals surface area contributed by atoms with E-state index in [4.69, 9.17) is 5.73 Å². The van der Waals surface area contributed by atoms with Crippen molar-refractivity contribution < 1.29 is 4.79 Å². The van der Waals surface area contributed by atoms with Crippen LogP contribution in [0.25, 0.3) is 0 Å². The standard InChI is InChI=1S/C15H22N2OS/c16-12-8-4-5-9-13(12)17-15(18)14(19)10-11-6-2-1-3-7-11/h1-3,6-7,12-14,19H,4-5,8-10,16H2,(H,17,18). The van der Waals surface area contributed by atoms with E-state index in [9.17, 15) is 4.79 Å². The van der Waals surface area contributed by atoms with Crippen molar-refractivity contribution in [1.82, 2.24) is 5.32 Å². The van der Waals surface area contributed by atoms with Gasteiger partial charge in [-0.25, -0.2) is 0 Å². The highest BCUT2D eigenvalue weighted by molar-refractivity contribution is 7.81. The van der Waals surface area contributed by atoms with Gasteiger partial charge in [-0.05, 0) is 24.8 Å². The Labute approximate surface area is 120 Å². The molecule has 0 radical (unpaired) electrons. The van der Waals surface area contributed by atoms with E-state index in [1.54, 1.807) is 0 Å². The van der Waals surface area contributed by atoms with E-state index in [1.807, 2.05) is 30.3 Å². The molecule has 1 amide bonds. The minimum atomic E-state index is -0.309. The van der Waals surface area contributed by atoms with Crippen molar-refractivity contribution >= 4 is 18.5 Å². The lowest BCUT2D eigenvalue weighted by molar-refractivity contribution is -0.121. The highest BCUT2D eigenvalue weighted by Crippen LogP contribution is 2.17.